The fraction of sp³-hybridized carbons (Fsp3) is 0.179. The Hall–Kier alpha value is -3.84. The van der Waals surface area contributed by atoms with E-state index in [4.69, 9.17) is 9.40 Å². The summed E-state index contributed by atoms with van der Waals surface area (Å²) >= 11 is 1.24. The lowest BCUT2D eigenvalue weighted by molar-refractivity contribution is -0.113. The summed E-state index contributed by atoms with van der Waals surface area (Å²) in [5.74, 6) is -0.0393. The van der Waals surface area contributed by atoms with Gasteiger partial charge >= 0.3 is 0 Å². The van der Waals surface area contributed by atoms with Gasteiger partial charge in [-0.05, 0) is 61.7 Å². The lowest BCUT2D eigenvalue weighted by atomic mass is 10.1. The molecule has 0 saturated carbocycles. The second kappa shape index (κ2) is 9.43. The van der Waals surface area contributed by atoms with Gasteiger partial charge in [-0.15, -0.1) is 0 Å². The molecule has 0 bridgehead atoms. The van der Waals surface area contributed by atoms with Crippen molar-refractivity contribution < 1.29 is 9.21 Å². The third-order valence-electron chi connectivity index (χ3n) is 5.75. The molecule has 6 nitrogen and oxygen atoms in total. The predicted molar refractivity (Wildman–Crippen MR) is 141 cm³/mol. The molecule has 176 valence electrons. The Morgan fingerprint density at radius 1 is 0.971 bits per heavy atom. The first-order valence-electron chi connectivity index (χ1n) is 11.4. The Balaban J connectivity index is 1.50. The molecule has 2 heterocycles. The van der Waals surface area contributed by atoms with E-state index in [1.165, 1.54) is 11.8 Å². The molecular weight excluding hydrogens is 458 g/mol. The van der Waals surface area contributed by atoms with E-state index in [0.717, 1.165) is 33.3 Å². The number of hydrogen-bond donors (Lipinski definition) is 1. The molecule has 2 aromatic heterocycles. The zero-order valence-corrected chi connectivity index (χ0v) is 20.6. The summed E-state index contributed by atoms with van der Waals surface area (Å²) < 4.78 is 7.47. The van der Waals surface area contributed by atoms with Crippen LogP contribution in [0.25, 0.3) is 22.1 Å². The first-order chi connectivity index (χ1) is 16.9. The van der Waals surface area contributed by atoms with Gasteiger partial charge in [0.15, 0.2) is 5.16 Å². The number of carbonyl (C=O) groups excluding carboxylic acids is 1. The molecule has 7 heteroatoms. The van der Waals surface area contributed by atoms with E-state index in [2.05, 4.69) is 11.4 Å². The van der Waals surface area contributed by atoms with Crippen LogP contribution in [0, 0.1) is 20.8 Å². The van der Waals surface area contributed by atoms with Crippen LogP contribution in [-0.2, 0) is 11.3 Å². The highest BCUT2D eigenvalue weighted by atomic mass is 32.2. The monoisotopic (exact) mass is 483 g/mol. The topological polar surface area (TPSA) is 77.1 Å². The van der Waals surface area contributed by atoms with Gasteiger partial charge in [0, 0.05) is 11.1 Å². The standard InChI is InChI=1S/C28H25N3O3S/c1-17-8-10-20(11-9-17)15-31-27(33)26-25(22-6-4-5-7-23(22)34-26)30-28(31)35-16-24(32)29-21-13-18(2)12-19(3)14-21/h4-14H,15-16H2,1-3H3,(H,29,32). The number of carbonyl (C=O) groups is 1. The summed E-state index contributed by atoms with van der Waals surface area (Å²) in [6.07, 6.45) is 0. The summed E-state index contributed by atoms with van der Waals surface area (Å²) in [5.41, 5.74) is 6.13. The smallest absolute Gasteiger partial charge is 0.298 e. The van der Waals surface area contributed by atoms with Crippen LogP contribution >= 0.6 is 11.8 Å². The van der Waals surface area contributed by atoms with Crippen LogP contribution in [-0.4, -0.2) is 21.2 Å². The molecule has 0 atom stereocenters. The first-order valence-corrected chi connectivity index (χ1v) is 12.3. The molecular formula is C28H25N3O3S. The van der Waals surface area contributed by atoms with Crippen LogP contribution in [0.2, 0.25) is 0 Å². The maximum absolute atomic E-state index is 13.5. The van der Waals surface area contributed by atoms with E-state index >= 15 is 0 Å². The van der Waals surface area contributed by atoms with Crippen molar-refractivity contribution in [2.45, 2.75) is 32.5 Å². The number of aryl methyl sites for hydroxylation is 3. The number of rotatable bonds is 6. The van der Waals surface area contributed by atoms with E-state index in [1.54, 1.807) is 4.57 Å². The Bertz CT molecular complexity index is 1600. The van der Waals surface area contributed by atoms with Gasteiger partial charge in [0.25, 0.3) is 5.56 Å². The number of anilines is 1. The van der Waals surface area contributed by atoms with Crippen LogP contribution < -0.4 is 10.9 Å². The molecule has 0 unspecified atom stereocenters. The van der Waals surface area contributed by atoms with Crippen molar-refractivity contribution in [1.29, 1.82) is 0 Å². The van der Waals surface area contributed by atoms with Crippen LogP contribution in [0.3, 0.4) is 0 Å². The quantitative estimate of drug-likeness (QED) is 0.242. The Morgan fingerprint density at radius 2 is 1.69 bits per heavy atom. The molecule has 3 aromatic carbocycles. The van der Waals surface area contributed by atoms with E-state index in [1.807, 2.05) is 81.4 Å². The molecule has 0 spiro atoms. The van der Waals surface area contributed by atoms with Crippen molar-refractivity contribution in [2.75, 3.05) is 11.1 Å². The molecule has 0 aliphatic heterocycles. The minimum atomic E-state index is -0.260. The minimum Gasteiger partial charge on any atom is -0.448 e. The van der Waals surface area contributed by atoms with Crippen LogP contribution in [0.1, 0.15) is 22.3 Å². The number of benzene rings is 3. The normalized spacial score (nSPS) is 11.3. The van der Waals surface area contributed by atoms with E-state index in [-0.39, 0.29) is 22.8 Å². The average molecular weight is 484 g/mol. The molecule has 1 N–H and O–H groups in total. The zero-order valence-electron chi connectivity index (χ0n) is 19.8. The number of fused-ring (bicyclic) bond motifs is 3. The van der Waals surface area contributed by atoms with Gasteiger partial charge in [-0.1, -0.05) is 59.8 Å². The number of hydrogen-bond acceptors (Lipinski definition) is 5. The second-order valence-corrected chi connectivity index (χ2v) is 9.70. The summed E-state index contributed by atoms with van der Waals surface area (Å²) in [7, 11) is 0. The lowest BCUT2D eigenvalue weighted by Crippen LogP contribution is -2.24. The third kappa shape index (κ3) is 4.86. The van der Waals surface area contributed by atoms with Crippen molar-refractivity contribution in [3.63, 3.8) is 0 Å². The Kier molecular flexibility index (Phi) is 6.17. The molecule has 35 heavy (non-hydrogen) atoms. The molecule has 0 aliphatic rings. The Morgan fingerprint density at radius 3 is 2.43 bits per heavy atom. The third-order valence-corrected chi connectivity index (χ3v) is 6.72. The SMILES string of the molecule is Cc1ccc(Cn2c(SCC(=O)Nc3cc(C)cc(C)c3)nc3c(oc4ccccc43)c2=O)cc1. The number of aromatic nitrogens is 2. The van der Waals surface area contributed by atoms with Crippen molar-refractivity contribution in [3.8, 4) is 0 Å². The lowest BCUT2D eigenvalue weighted by Gasteiger charge is -2.12. The first kappa shape index (κ1) is 22.9. The summed E-state index contributed by atoms with van der Waals surface area (Å²) in [5, 5.41) is 4.21. The molecule has 0 saturated heterocycles. The molecule has 1 amide bonds. The van der Waals surface area contributed by atoms with Crippen molar-refractivity contribution in [1.82, 2.24) is 9.55 Å². The van der Waals surface area contributed by atoms with Gasteiger partial charge in [-0.25, -0.2) is 4.98 Å². The van der Waals surface area contributed by atoms with Crippen molar-refractivity contribution in [2.24, 2.45) is 0 Å². The zero-order chi connectivity index (χ0) is 24.5. The van der Waals surface area contributed by atoms with Gasteiger partial charge in [0.2, 0.25) is 11.5 Å². The average Bonchev–Trinajstić information content (AvgIpc) is 3.19. The highest BCUT2D eigenvalue weighted by molar-refractivity contribution is 7.99. The maximum atomic E-state index is 13.5. The van der Waals surface area contributed by atoms with Crippen LogP contribution in [0.4, 0.5) is 5.69 Å². The highest BCUT2D eigenvalue weighted by Crippen LogP contribution is 2.28. The van der Waals surface area contributed by atoms with Crippen molar-refractivity contribution >= 4 is 45.4 Å². The number of furan rings is 1. The van der Waals surface area contributed by atoms with Crippen LogP contribution in [0.15, 0.2) is 81.1 Å². The molecule has 5 aromatic rings. The second-order valence-electron chi connectivity index (χ2n) is 8.76. The predicted octanol–water partition coefficient (Wildman–Crippen LogP) is 5.85. The van der Waals surface area contributed by atoms with Crippen LogP contribution in [0.5, 0.6) is 0 Å². The van der Waals surface area contributed by atoms with E-state index in [9.17, 15) is 9.59 Å². The fourth-order valence-electron chi connectivity index (χ4n) is 4.15. The number of nitrogens with one attached hydrogen (secondary N) is 1. The Labute approximate surface area is 207 Å². The van der Waals surface area contributed by atoms with Crippen molar-refractivity contribution in [3.05, 3.63) is 99.3 Å². The maximum Gasteiger partial charge on any atom is 0.298 e. The summed E-state index contributed by atoms with van der Waals surface area (Å²) in [6.45, 7) is 6.35. The molecule has 0 radical (unpaired) electrons. The van der Waals surface area contributed by atoms with E-state index < -0.39 is 0 Å². The van der Waals surface area contributed by atoms with Gasteiger partial charge in [-0.2, -0.15) is 0 Å². The minimum absolute atomic E-state index is 0.120. The number of para-hydroxylation sites is 1. The largest absolute Gasteiger partial charge is 0.448 e. The summed E-state index contributed by atoms with van der Waals surface area (Å²) in [6, 6.07) is 21.4. The molecule has 0 fully saturated rings. The fourth-order valence-corrected chi connectivity index (χ4v) is 4.94. The van der Waals surface area contributed by atoms with E-state index in [0.29, 0.717) is 22.8 Å². The summed E-state index contributed by atoms with van der Waals surface area (Å²) in [4.78, 5) is 31.1. The number of thioether (sulfide) groups is 1. The van der Waals surface area contributed by atoms with Gasteiger partial charge in [0.1, 0.15) is 11.1 Å². The van der Waals surface area contributed by atoms with Gasteiger partial charge in [-0.3, -0.25) is 14.2 Å². The molecule has 5 rings (SSSR count). The molecule has 0 aliphatic carbocycles. The van der Waals surface area contributed by atoms with Gasteiger partial charge < -0.3 is 9.73 Å². The number of nitrogens with zero attached hydrogens (tertiary/aromatic N) is 2. The number of amides is 1. The highest BCUT2D eigenvalue weighted by Gasteiger charge is 2.19. The van der Waals surface area contributed by atoms with Gasteiger partial charge in [0.05, 0.1) is 12.3 Å².